The second-order valence-corrected chi connectivity index (χ2v) is 5.14. The number of nitro benzene ring substituents is 1. The minimum Gasteiger partial charge on any atom is -0.393 e. The lowest BCUT2D eigenvalue weighted by molar-refractivity contribution is -0.384. The van der Waals surface area contributed by atoms with Crippen molar-refractivity contribution in [1.82, 2.24) is 5.32 Å². The third-order valence-electron chi connectivity index (χ3n) is 3.78. The number of hydrogen-bond acceptors (Lipinski definition) is 5. The Morgan fingerprint density at radius 2 is 2.30 bits per heavy atom. The largest absolute Gasteiger partial charge is 0.393 e. The van der Waals surface area contributed by atoms with Crippen LogP contribution in [-0.4, -0.2) is 29.1 Å². The molecule has 0 aliphatic carbocycles. The first kappa shape index (κ1) is 14.3. The van der Waals surface area contributed by atoms with Crippen molar-refractivity contribution in [2.24, 2.45) is 0 Å². The lowest BCUT2D eigenvalue weighted by Gasteiger charge is -2.28. The summed E-state index contributed by atoms with van der Waals surface area (Å²) in [6, 6.07) is 4.32. The van der Waals surface area contributed by atoms with Gasteiger partial charge in [-0.1, -0.05) is 6.07 Å². The van der Waals surface area contributed by atoms with Gasteiger partial charge in [-0.05, 0) is 32.4 Å². The molecule has 20 heavy (non-hydrogen) atoms. The highest BCUT2D eigenvalue weighted by atomic mass is 16.6. The van der Waals surface area contributed by atoms with Gasteiger partial charge in [0.25, 0.3) is 5.91 Å². The van der Waals surface area contributed by atoms with E-state index in [-0.39, 0.29) is 23.0 Å². The Balaban J connectivity index is 2.31. The fourth-order valence-electron chi connectivity index (χ4n) is 2.27. The van der Waals surface area contributed by atoms with E-state index >= 15 is 0 Å². The van der Waals surface area contributed by atoms with Gasteiger partial charge in [-0.2, -0.15) is 0 Å². The number of hydrogen-bond donors (Lipinski definition) is 2. The van der Waals surface area contributed by atoms with Crippen LogP contribution in [0.1, 0.15) is 30.6 Å². The molecule has 1 aliphatic heterocycles. The van der Waals surface area contributed by atoms with Gasteiger partial charge in [0, 0.05) is 6.61 Å². The van der Waals surface area contributed by atoms with E-state index in [1.54, 1.807) is 0 Å². The number of amides is 1. The number of para-hydroxylation sites is 1. The van der Waals surface area contributed by atoms with E-state index in [1.807, 2.05) is 13.8 Å². The van der Waals surface area contributed by atoms with Gasteiger partial charge in [-0.25, -0.2) is 0 Å². The second kappa shape index (κ2) is 5.09. The Morgan fingerprint density at radius 1 is 1.60 bits per heavy atom. The molecule has 0 saturated carbocycles. The maximum atomic E-state index is 12.3. The lowest BCUT2D eigenvalue weighted by atomic mass is 9.94. The lowest BCUT2D eigenvalue weighted by Crippen LogP contribution is -2.50. The molecule has 7 nitrogen and oxygen atoms in total. The number of benzene rings is 1. The molecule has 108 valence electrons. The van der Waals surface area contributed by atoms with Crippen molar-refractivity contribution in [3.8, 4) is 0 Å². The van der Waals surface area contributed by atoms with Gasteiger partial charge in [0.2, 0.25) is 0 Å². The Labute approximate surface area is 116 Å². The van der Waals surface area contributed by atoms with Crippen LogP contribution < -0.4 is 11.1 Å². The van der Waals surface area contributed by atoms with Crippen LogP contribution in [0.15, 0.2) is 18.2 Å². The summed E-state index contributed by atoms with van der Waals surface area (Å²) in [6.45, 7) is 4.28. The third-order valence-corrected chi connectivity index (χ3v) is 3.78. The summed E-state index contributed by atoms with van der Waals surface area (Å²) in [5, 5.41) is 13.9. The highest BCUT2D eigenvalue weighted by molar-refractivity contribution is 6.00. The number of ether oxygens (including phenoxy) is 1. The fraction of sp³-hybridized carbons (Fsp3) is 0.462. The number of nitrogens with one attached hydrogen (secondary N) is 1. The Bertz CT molecular complexity index is 561. The molecule has 7 heteroatoms. The molecule has 2 unspecified atom stereocenters. The number of nitrogens with two attached hydrogens (primary N) is 1. The minimum absolute atomic E-state index is 0.0245. The molecule has 0 aromatic heterocycles. The van der Waals surface area contributed by atoms with Gasteiger partial charge in [0.1, 0.15) is 11.3 Å². The molecule has 0 radical (unpaired) electrons. The summed E-state index contributed by atoms with van der Waals surface area (Å²) >= 11 is 0. The number of anilines is 1. The first-order valence-electron chi connectivity index (χ1n) is 6.32. The van der Waals surface area contributed by atoms with Crippen LogP contribution in [0, 0.1) is 10.1 Å². The summed E-state index contributed by atoms with van der Waals surface area (Å²) in [6.07, 6.45) is 0.516. The van der Waals surface area contributed by atoms with Crippen LogP contribution in [0.3, 0.4) is 0 Å². The maximum Gasteiger partial charge on any atom is 0.304 e. The molecule has 2 atom stereocenters. The summed E-state index contributed by atoms with van der Waals surface area (Å²) in [7, 11) is 0. The highest BCUT2D eigenvalue weighted by Crippen LogP contribution is 2.29. The predicted octanol–water partition coefficient (Wildman–Crippen LogP) is 1.47. The van der Waals surface area contributed by atoms with Crippen LogP contribution in [0.25, 0.3) is 0 Å². The van der Waals surface area contributed by atoms with E-state index in [1.165, 1.54) is 18.2 Å². The number of nitrogen functional groups attached to an aromatic ring is 1. The smallest absolute Gasteiger partial charge is 0.304 e. The van der Waals surface area contributed by atoms with Gasteiger partial charge in [0.15, 0.2) is 0 Å². The summed E-state index contributed by atoms with van der Waals surface area (Å²) in [5.74, 6) is -0.510. The van der Waals surface area contributed by atoms with E-state index in [2.05, 4.69) is 5.32 Å². The first-order valence-corrected chi connectivity index (χ1v) is 6.32. The SMILES string of the molecule is CC1OCCC1(C)NC(=O)c1cccc(N)c1[N+](=O)[O-]. The Morgan fingerprint density at radius 3 is 2.85 bits per heavy atom. The van der Waals surface area contributed by atoms with Crippen molar-refractivity contribution in [3.63, 3.8) is 0 Å². The van der Waals surface area contributed by atoms with Crippen LogP contribution in [-0.2, 0) is 4.74 Å². The van der Waals surface area contributed by atoms with E-state index in [0.29, 0.717) is 13.0 Å². The molecule has 3 N–H and O–H groups in total. The van der Waals surface area contributed by atoms with Crippen LogP contribution in [0.4, 0.5) is 11.4 Å². The molecule has 1 aromatic rings. The zero-order valence-electron chi connectivity index (χ0n) is 11.4. The third kappa shape index (κ3) is 2.44. The molecule has 1 aliphatic rings. The van der Waals surface area contributed by atoms with Crippen LogP contribution in [0.5, 0.6) is 0 Å². The van der Waals surface area contributed by atoms with Gasteiger partial charge in [-0.15, -0.1) is 0 Å². The average Bonchev–Trinajstić information content (AvgIpc) is 2.68. The van der Waals surface area contributed by atoms with E-state index in [4.69, 9.17) is 10.5 Å². The number of rotatable bonds is 3. The molecule has 0 bridgehead atoms. The number of carbonyl (C=O) groups is 1. The zero-order chi connectivity index (χ0) is 14.9. The van der Waals surface area contributed by atoms with Crippen molar-refractivity contribution in [2.75, 3.05) is 12.3 Å². The molecule has 1 amide bonds. The van der Waals surface area contributed by atoms with Crippen LogP contribution >= 0.6 is 0 Å². The normalized spacial score (nSPS) is 25.4. The summed E-state index contributed by atoms with van der Waals surface area (Å²) in [4.78, 5) is 22.7. The fourth-order valence-corrected chi connectivity index (χ4v) is 2.27. The summed E-state index contributed by atoms with van der Waals surface area (Å²) in [5.41, 5.74) is 4.63. The Hall–Kier alpha value is -2.15. The monoisotopic (exact) mass is 279 g/mol. The quantitative estimate of drug-likeness (QED) is 0.495. The standard InChI is InChI=1S/C13H17N3O4/c1-8-13(2,6-7-20-8)15-12(17)9-4-3-5-10(14)11(9)16(18)19/h3-5,8H,6-7,14H2,1-2H3,(H,15,17). The van der Waals surface area contributed by atoms with Crippen molar-refractivity contribution in [3.05, 3.63) is 33.9 Å². The van der Waals surface area contributed by atoms with E-state index in [9.17, 15) is 14.9 Å². The molecular weight excluding hydrogens is 262 g/mol. The van der Waals surface area contributed by atoms with Crippen molar-refractivity contribution >= 4 is 17.3 Å². The molecule has 1 saturated heterocycles. The van der Waals surface area contributed by atoms with Gasteiger partial charge >= 0.3 is 5.69 Å². The van der Waals surface area contributed by atoms with E-state index < -0.39 is 16.4 Å². The second-order valence-electron chi connectivity index (χ2n) is 5.14. The van der Waals surface area contributed by atoms with Crippen molar-refractivity contribution in [1.29, 1.82) is 0 Å². The molecular formula is C13H17N3O4. The summed E-state index contributed by atoms with van der Waals surface area (Å²) < 4.78 is 5.43. The number of nitrogens with zero attached hydrogens (tertiary/aromatic N) is 1. The molecule has 0 spiro atoms. The highest BCUT2D eigenvalue weighted by Gasteiger charge is 2.39. The molecule has 2 rings (SSSR count). The van der Waals surface area contributed by atoms with E-state index in [0.717, 1.165) is 0 Å². The number of nitro groups is 1. The van der Waals surface area contributed by atoms with Crippen molar-refractivity contribution < 1.29 is 14.5 Å². The molecule has 1 aromatic carbocycles. The first-order chi connectivity index (χ1) is 9.35. The predicted molar refractivity (Wildman–Crippen MR) is 73.4 cm³/mol. The van der Waals surface area contributed by atoms with Gasteiger partial charge < -0.3 is 15.8 Å². The minimum atomic E-state index is -0.638. The number of carbonyl (C=O) groups excluding carboxylic acids is 1. The Kier molecular flexibility index (Phi) is 3.63. The molecule has 1 heterocycles. The average molecular weight is 279 g/mol. The van der Waals surface area contributed by atoms with Crippen molar-refractivity contribution in [2.45, 2.75) is 31.9 Å². The van der Waals surface area contributed by atoms with Crippen LogP contribution in [0.2, 0.25) is 0 Å². The zero-order valence-corrected chi connectivity index (χ0v) is 11.4. The van der Waals surface area contributed by atoms with Gasteiger partial charge in [-0.3, -0.25) is 14.9 Å². The van der Waals surface area contributed by atoms with Gasteiger partial charge in [0.05, 0.1) is 16.6 Å². The molecule has 1 fully saturated rings. The topological polar surface area (TPSA) is 107 Å². The maximum absolute atomic E-state index is 12.3.